The third-order valence-electron chi connectivity index (χ3n) is 6.31. The molecular weight excluding hydrogens is 472 g/mol. The molecule has 0 radical (unpaired) electrons. The standard InChI is InChI=1S/C27H24N6S2/c1-31(2)18-12-14-19(15-13-18)33-25(24(30-26(33)34)21-9-5-6-16-28-21)22-10-7-17-32(22)27-29-20-8-3-4-11-23(20)35-27/h3-17,24-25H,1-2H3,(H,30,34)/t24-,25-/m1/s1. The summed E-state index contributed by atoms with van der Waals surface area (Å²) in [4.78, 5) is 13.9. The monoisotopic (exact) mass is 496 g/mol. The molecule has 0 unspecified atom stereocenters. The Morgan fingerprint density at radius 2 is 1.74 bits per heavy atom. The average molecular weight is 497 g/mol. The van der Waals surface area contributed by atoms with E-state index in [2.05, 4.69) is 91.5 Å². The number of thiazole rings is 1. The van der Waals surface area contributed by atoms with Crippen LogP contribution in [0.1, 0.15) is 23.5 Å². The molecule has 0 saturated carbocycles. The first-order valence-corrected chi connectivity index (χ1v) is 12.6. The molecule has 2 aromatic carbocycles. The highest BCUT2D eigenvalue weighted by atomic mass is 32.1. The summed E-state index contributed by atoms with van der Waals surface area (Å²) in [5, 5.41) is 5.17. The van der Waals surface area contributed by atoms with Gasteiger partial charge < -0.3 is 15.1 Å². The van der Waals surface area contributed by atoms with E-state index in [-0.39, 0.29) is 12.1 Å². The number of pyridine rings is 1. The van der Waals surface area contributed by atoms with Crippen LogP contribution in [0.5, 0.6) is 0 Å². The molecule has 1 aliphatic rings. The van der Waals surface area contributed by atoms with Crippen molar-refractivity contribution in [3.05, 3.63) is 103 Å². The van der Waals surface area contributed by atoms with Crippen molar-refractivity contribution in [3.63, 3.8) is 0 Å². The van der Waals surface area contributed by atoms with Crippen LogP contribution in [0.25, 0.3) is 15.3 Å². The van der Waals surface area contributed by atoms with E-state index in [0.29, 0.717) is 5.11 Å². The molecule has 35 heavy (non-hydrogen) atoms. The summed E-state index contributed by atoms with van der Waals surface area (Å²) in [6, 6.07) is 26.8. The number of nitrogens with zero attached hydrogens (tertiary/aromatic N) is 5. The van der Waals surface area contributed by atoms with Gasteiger partial charge in [-0.1, -0.05) is 29.5 Å². The van der Waals surface area contributed by atoms with Crippen LogP contribution in [0.2, 0.25) is 0 Å². The van der Waals surface area contributed by atoms with Crippen LogP contribution >= 0.6 is 23.6 Å². The Balaban J connectivity index is 1.49. The van der Waals surface area contributed by atoms with Crippen molar-refractivity contribution >= 4 is 50.3 Å². The molecule has 8 heteroatoms. The van der Waals surface area contributed by atoms with Crippen molar-refractivity contribution in [2.24, 2.45) is 0 Å². The Morgan fingerprint density at radius 3 is 2.49 bits per heavy atom. The second kappa shape index (κ2) is 8.79. The van der Waals surface area contributed by atoms with Crippen LogP contribution < -0.4 is 15.1 Å². The van der Waals surface area contributed by atoms with Crippen LogP contribution in [0.3, 0.4) is 0 Å². The topological polar surface area (TPSA) is 49.2 Å². The summed E-state index contributed by atoms with van der Waals surface area (Å²) >= 11 is 7.59. The highest BCUT2D eigenvalue weighted by molar-refractivity contribution is 7.80. The largest absolute Gasteiger partial charge is 0.378 e. The smallest absolute Gasteiger partial charge is 0.194 e. The van der Waals surface area contributed by atoms with Crippen LogP contribution in [-0.2, 0) is 0 Å². The van der Waals surface area contributed by atoms with Crippen molar-refractivity contribution in [2.75, 3.05) is 23.9 Å². The summed E-state index contributed by atoms with van der Waals surface area (Å²) in [6.07, 6.45) is 3.91. The number of aromatic nitrogens is 3. The fraction of sp³-hybridized carbons (Fsp3) is 0.148. The lowest BCUT2D eigenvalue weighted by atomic mass is 10.0. The van der Waals surface area contributed by atoms with E-state index in [4.69, 9.17) is 17.2 Å². The number of anilines is 2. The SMILES string of the molecule is CN(C)c1ccc(N2C(=S)N[C@H](c3ccccn3)[C@H]2c2cccn2-c2nc3ccccc3s2)cc1. The quantitative estimate of drug-likeness (QED) is 0.314. The van der Waals surface area contributed by atoms with Crippen molar-refractivity contribution in [1.29, 1.82) is 0 Å². The number of hydrogen-bond acceptors (Lipinski definition) is 5. The highest BCUT2D eigenvalue weighted by Gasteiger charge is 2.42. The van der Waals surface area contributed by atoms with Crippen molar-refractivity contribution < 1.29 is 0 Å². The number of hydrogen-bond donors (Lipinski definition) is 1. The molecule has 1 fully saturated rings. The molecule has 4 heterocycles. The Morgan fingerprint density at radius 1 is 0.943 bits per heavy atom. The van der Waals surface area contributed by atoms with Gasteiger partial charge in [-0.25, -0.2) is 4.98 Å². The molecule has 1 aliphatic heterocycles. The van der Waals surface area contributed by atoms with Gasteiger partial charge in [-0.15, -0.1) is 0 Å². The second-order valence-electron chi connectivity index (χ2n) is 8.67. The van der Waals surface area contributed by atoms with Gasteiger partial charge in [0.1, 0.15) is 6.04 Å². The number of benzene rings is 2. The van der Waals surface area contributed by atoms with Crippen LogP contribution in [0.4, 0.5) is 11.4 Å². The third-order valence-corrected chi connectivity index (χ3v) is 7.66. The zero-order valence-corrected chi connectivity index (χ0v) is 21.0. The van der Waals surface area contributed by atoms with E-state index >= 15 is 0 Å². The van der Waals surface area contributed by atoms with E-state index in [0.717, 1.165) is 33.4 Å². The summed E-state index contributed by atoms with van der Waals surface area (Å²) in [7, 11) is 4.09. The van der Waals surface area contributed by atoms with E-state index in [9.17, 15) is 0 Å². The molecule has 3 aromatic heterocycles. The van der Waals surface area contributed by atoms with Crippen molar-refractivity contribution in [3.8, 4) is 5.13 Å². The molecule has 0 bridgehead atoms. The van der Waals surface area contributed by atoms with Gasteiger partial charge in [-0.3, -0.25) is 9.55 Å². The van der Waals surface area contributed by atoms with E-state index < -0.39 is 0 Å². The average Bonchev–Trinajstić information content (AvgIpc) is 3.60. The Bertz CT molecular complexity index is 1460. The number of thiocarbonyl (C=S) groups is 1. The van der Waals surface area contributed by atoms with Gasteiger partial charge in [0, 0.05) is 37.9 Å². The lowest BCUT2D eigenvalue weighted by Crippen LogP contribution is -2.30. The number of fused-ring (bicyclic) bond motifs is 1. The fourth-order valence-corrected chi connectivity index (χ4v) is 5.93. The van der Waals surface area contributed by atoms with Crippen LogP contribution in [-0.4, -0.2) is 33.7 Å². The molecule has 2 atom stereocenters. The van der Waals surface area contributed by atoms with Crippen molar-refractivity contribution in [2.45, 2.75) is 12.1 Å². The van der Waals surface area contributed by atoms with Gasteiger partial charge in [0.25, 0.3) is 0 Å². The van der Waals surface area contributed by atoms with Crippen molar-refractivity contribution in [1.82, 2.24) is 19.9 Å². The van der Waals surface area contributed by atoms with Crippen LogP contribution in [0, 0.1) is 0 Å². The molecule has 1 N–H and O–H groups in total. The zero-order valence-electron chi connectivity index (χ0n) is 19.4. The Labute approximate surface area is 213 Å². The molecule has 5 aromatic rings. The second-order valence-corrected chi connectivity index (χ2v) is 10.1. The molecule has 0 amide bonds. The number of nitrogens with one attached hydrogen (secondary N) is 1. The fourth-order valence-electron chi connectivity index (χ4n) is 4.62. The predicted molar refractivity (Wildman–Crippen MR) is 148 cm³/mol. The van der Waals surface area contributed by atoms with E-state index in [1.807, 2.05) is 38.5 Å². The molecule has 6 rings (SSSR count). The lowest BCUT2D eigenvalue weighted by Gasteiger charge is -2.29. The van der Waals surface area contributed by atoms with Crippen LogP contribution in [0.15, 0.2) is 91.3 Å². The maximum absolute atomic E-state index is 5.90. The minimum Gasteiger partial charge on any atom is -0.378 e. The maximum atomic E-state index is 5.90. The van der Waals surface area contributed by atoms with E-state index in [1.165, 1.54) is 4.70 Å². The molecule has 6 nitrogen and oxygen atoms in total. The minimum absolute atomic E-state index is 0.107. The third kappa shape index (κ3) is 3.84. The van der Waals surface area contributed by atoms with Gasteiger partial charge in [0.05, 0.1) is 27.6 Å². The summed E-state index contributed by atoms with van der Waals surface area (Å²) in [5.41, 5.74) is 5.23. The Kier molecular flexibility index (Phi) is 5.47. The summed E-state index contributed by atoms with van der Waals surface area (Å²) in [6.45, 7) is 0. The van der Waals surface area contributed by atoms with Gasteiger partial charge in [0.2, 0.25) is 0 Å². The normalized spacial score (nSPS) is 17.7. The molecular formula is C27H24N6S2. The molecule has 0 spiro atoms. The molecule has 174 valence electrons. The van der Waals surface area contributed by atoms with Gasteiger partial charge in [-0.2, -0.15) is 0 Å². The van der Waals surface area contributed by atoms with Gasteiger partial charge in [0.15, 0.2) is 10.2 Å². The zero-order chi connectivity index (χ0) is 23.9. The number of rotatable bonds is 5. The predicted octanol–water partition coefficient (Wildman–Crippen LogP) is 5.73. The van der Waals surface area contributed by atoms with Gasteiger partial charge >= 0.3 is 0 Å². The first-order chi connectivity index (χ1) is 17.1. The minimum atomic E-state index is -0.111. The Hall–Kier alpha value is -3.75. The lowest BCUT2D eigenvalue weighted by molar-refractivity contribution is 0.549. The first-order valence-electron chi connectivity index (χ1n) is 11.4. The number of para-hydroxylation sites is 1. The van der Waals surface area contributed by atoms with E-state index in [1.54, 1.807) is 11.3 Å². The summed E-state index contributed by atoms with van der Waals surface area (Å²) in [5.74, 6) is 0. The highest BCUT2D eigenvalue weighted by Crippen LogP contribution is 2.43. The van der Waals surface area contributed by atoms with Gasteiger partial charge in [-0.05, 0) is 72.9 Å². The molecule has 0 aliphatic carbocycles. The first kappa shape index (κ1) is 21.8. The molecule has 1 saturated heterocycles. The maximum Gasteiger partial charge on any atom is 0.194 e. The summed E-state index contributed by atoms with van der Waals surface area (Å²) < 4.78 is 3.35.